The molecule has 2 bridgehead atoms. The summed E-state index contributed by atoms with van der Waals surface area (Å²) in [6.07, 6.45) is 1.09. The highest BCUT2D eigenvalue weighted by Gasteiger charge is 2.41. The molecule has 22 heavy (non-hydrogen) atoms. The molecule has 0 amide bonds. The van der Waals surface area contributed by atoms with Gasteiger partial charge in [0.1, 0.15) is 6.10 Å². The van der Waals surface area contributed by atoms with E-state index in [2.05, 4.69) is 9.72 Å². The lowest BCUT2D eigenvalue weighted by Crippen LogP contribution is -2.24. The summed E-state index contributed by atoms with van der Waals surface area (Å²) in [6.45, 7) is -1.41. The van der Waals surface area contributed by atoms with Gasteiger partial charge in [0.15, 0.2) is 6.61 Å². The SMILES string of the molecule is O=C(OC1CC2CCC1C2)c1ccc(OCC(F)(F)F)nc1. The van der Waals surface area contributed by atoms with Gasteiger partial charge in [-0.1, -0.05) is 0 Å². The van der Waals surface area contributed by atoms with Crippen LogP contribution >= 0.6 is 0 Å². The lowest BCUT2D eigenvalue weighted by atomic mass is 9.98. The third-order valence-electron chi connectivity index (χ3n) is 4.29. The summed E-state index contributed by atoms with van der Waals surface area (Å²) in [5.41, 5.74) is 0.224. The van der Waals surface area contributed by atoms with Gasteiger partial charge < -0.3 is 9.47 Å². The second kappa shape index (κ2) is 5.78. The Kier molecular flexibility index (Phi) is 3.97. The van der Waals surface area contributed by atoms with Crippen LogP contribution in [0.3, 0.4) is 0 Å². The van der Waals surface area contributed by atoms with Crippen LogP contribution in [0.1, 0.15) is 36.0 Å². The average Bonchev–Trinajstić information content (AvgIpc) is 3.07. The minimum atomic E-state index is -4.42. The Hall–Kier alpha value is -1.79. The molecular formula is C15H16F3NO3. The summed E-state index contributed by atoms with van der Waals surface area (Å²) in [6, 6.07) is 2.61. The van der Waals surface area contributed by atoms with Crippen molar-refractivity contribution in [2.24, 2.45) is 11.8 Å². The van der Waals surface area contributed by atoms with Crippen LogP contribution < -0.4 is 4.74 Å². The quantitative estimate of drug-likeness (QED) is 0.799. The molecule has 0 saturated heterocycles. The maximum absolute atomic E-state index is 12.0. The molecule has 7 heteroatoms. The number of esters is 1. The molecule has 0 aromatic carbocycles. The zero-order valence-corrected chi connectivity index (χ0v) is 11.8. The van der Waals surface area contributed by atoms with E-state index < -0.39 is 18.8 Å². The van der Waals surface area contributed by atoms with Crippen LogP contribution in [0.4, 0.5) is 13.2 Å². The fourth-order valence-electron chi connectivity index (χ4n) is 3.28. The summed E-state index contributed by atoms with van der Waals surface area (Å²) in [5, 5.41) is 0. The van der Waals surface area contributed by atoms with E-state index in [1.165, 1.54) is 24.8 Å². The van der Waals surface area contributed by atoms with Crippen molar-refractivity contribution >= 4 is 5.97 Å². The van der Waals surface area contributed by atoms with Crippen LogP contribution in [0.2, 0.25) is 0 Å². The number of carbonyl (C=O) groups excluding carboxylic acids is 1. The molecular weight excluding hydrogens is 299 g/mol. The van der Waals surface area contributed by atoms with Crippen molar-refractivity contribution in [2.75, 3.05) is 6.61 Å². The normalized spacial score (nSPS) is 27.0. The molecule has 0 radical (unpaired) electrons. The fourth-order valence-corrected chi connectivity index (χ4v) is 3.28. The molecule has 3 rings (SSSR count). The average molecular weight is 315 g/mol. The van der Waals surface area contributed by atoms with E-state index >= 15 is 0 Å². The van der Waals surface area contributed by atoms with Gasteiger partial charge in [-0.2, -0.15) is 13.2 Å². The molecule has 1 aromatic heterocycles. The predicted molar refractivity (Wildman–Crippen MR) is 70.4 cm³/mol. The van der Waals surface area contributed by atoms with Crippen LogP contribution in [0.15, 0.2) is 18.3 Å². The Morgan fingerprint density at radius 3 is 2.64 bits per heavy atom. The molecule has 3 atom stereocenters. The highest BCUT2D eigenvalue weighted by molar-refractivity contribution is 5.89. The Morgan fingerprint density at radius 2 is 2.09 bits per heavy atom. The Balaban J connectivity index is 1.54. The standard InChI is InChI=1S/C15H16F3NO3/c16-15(17,18)8-21-13-4-3-11(7-19-13)14(20)22-12-6-9-1-2-10(12)5-9/h3-4,7,9-10,12H,1-2,5-6,8H2. The van der Waals surface area contributed by atoms with E-state index in [4.69, 9.17) is 4.74 Å². The molecule has 4 nitrogen and oxygen atoms in total. The molecule has 0 spiro atoms. The van der Waals surface area contributed by atoms with Gasteiger partial charge in [-0.05, 0) is 43.6 Å². The summed E-state index contributed by atoms with van der Waals surface area (Å²) < 4.78 is 46.0. The van der Waals surface area contributed by atoms with Gasteiger partial charge in [0, 0.05) is 12.3 Å². The lowest BCUT2D eigenvalue weighted by Gasteiger charge is -2.21. The van der Waals surface area contributed by atoms with Crippen LogP contribution in [0.25, 0.3) is 0 Å². The third-order valence-corrected chi connectivity index (χ3v) is 4.29. The van der Waals surface area contributed by atoms with Gasteiger partial charge in [-0.15, -0.1) is 0 Å². The summed E-state index contributed by atoms with van der Waals surface area (Å²) in [5.74, 6) is 0.469. The number of ether oxygens (including phenoxy) is 2. The molecule has 1 heterocycles. The van der Waals surface area contributed by atoms with Crippen LogP contribution in [0.5, 0.6) is 5.88 Å². The van der Waals surface area contributed by atoms with E-state index in [-0.39, 0.29) is 17.5 Å². The third kappa shape index (κ3) is 3.51. The van der Waals surface area contributed by atoms with Gasteiger partial charge in [-0.25, -0.2) is 9.78 Å². The first-order valence-corrected chi connectivity index (χ1v) is 7.27. The van der Waals surface area contributed by atoms with Crippen LogP contribution in [0, 0.1) is 11.8 Å². The molecule has 2 aliphatic carbocycles. The summed E-state index contributed by atoms with van der Waals surface area (Å²) in [7, 11) is 0. The minimum absolute atomic E-state index is 0.0348. The molecule has 3 unspecified atom stereocenters. The van der Waals surface area contributed by atoms with Gasteiger partial charge >= 0.3 is 12.1 Å². The van der Waals surface area contributed by atoms with Gasteiger partial charge in [0.2, 0.25) is 5.88 Å². The van der Waals surface area contributed by atoms with Crippen molar-refractivity contribution in [3.63, 3.8) is 0 Å². The molecule has 2 fully saturated rings. The molecule has 2 aliphatic rings. The second-order valence-electron chi connectivity index (χ2n) is 5.91. The molecule has 1 aromatic rings. The smallest absolute Gasteiger partial charge is 0.422 e. The largest absolute Gasteiger partial charge is 0.468 e. The van der Waals surface area contributed by atoms with E-state index in [1.807, 2.05) is 0 Å². The van der Waals surface area contributed by atoms with Crippen molar-refractivity contribution in [3.8, 4) is 5.88 Å². The zero-order valence-electron chi connectivity index (χ0n) is 11.8. The minimum Gasteiger partial charge on any atom is -0.468 e. The van der Waals surface area contributed by atoms with Crippen LogP contribution in [-0.2, 0) is 4.74 Å². The Bertz CT molecular complexity index is 544. The van der Waals surface area contributed by atoms with Gasteiger partial charge in [-0.3, -0.25) is 0 Å². The number of halogens is 3. The first-order valence-electron chi connectivity index (χ1n) is 7.27. The van der Waals surface area contributed by atoms with Crippen molar-refractivity contribution in [1.29, 1.82) is 0 Å². The van der Waals surface area contributed by atoms with Gasteiger partial charge in [0.25, 0.3) is 0 Å². The van der Waals surface area contributed by atoms with Gasteiger partial charge in [0.05, 0.1) is 5.56 Å². The fraction of sp³-hybridized carbons (Fsp3) is 0.600. The Labute approximate surface area is 125 Å². The number of hydrogen-bond acceptors (Lipinski definition) is 4. The molecule has 0 aliphatic heterocycles. The van der Waals surface area contributed by atoms with E-state index in [0.717, 1.165) is 19.3 Å². The molecule has 120 valence electrons. The van der Waals surface area contributed by atoms with Crippen LogP contribution in [-0.4, -0.2) is 29.8 Å². The number of fused-ring (bicyclic) bond motifs is 2. The Morgan fingerprint density at radius 1 is 1.27 bits per heavy atom. The first-order chi connectivity index (χ1) is 10.4. The van der Waals surface area contributed by atoms with Crippen molar-refractivity contribution < 1.29 is 27.4 Å². The number of rotatable bonds is 4. The number of nitrogens with zero attached hydrogens (tertiary/aromatic N) is 1. The zero-order chi connectivity index (χ0) is 15.7. The number of aromatic nitrogens is 1. The lowest BCUT2D eigenvalue weighted by molar-refractivity contribution is -0.154. The molecule has 0 N–H and O–H groups in total. The second-order valence-corrected chi connectivity index (χ2v) is 5.91. The first kappa shape index (κ1) is 15.1. The predicted octanol–water partition coefficient (Wildman–Crippen LogP) is 3.37. The summed E-state index contributed by atoms with van der Waals surface area (Å²) >= 11 is 0. The highest BCUT2D eigenvalue weighted by atomic mass is 19.4. The maximum Gasteiger partial charge on any atom is 0.422 e. The topological polar surface area (TPSA) is 48.4 Å². The summed E-state index contributed by atoms with van der Waals surface area (Å²) in [4.78, 5) is 15.7. The number of hydrogen-bond donors (Lipinski definition) is 0. The number of alkyl halides is 3. The highest BCUT2D eigenvalue weighted by Crippen LogP contribution is 2.46. The van der Waals surface area contributed by atoms with Crippen molar-refractivity contribution in [2.45, 2.75) is 38.0 Å². The van der Waals surface area contributed by atoms with E-state index in [9.17, 15) is 18.0 Å². The van der Waals surface area contributed by atoms with E-state index in [1.54, 1.807) is 0 Å². The maximum atomic E-state index is 12.0. The molecule has 2 saturated carbocycles. The number of pyridine rings is 1. The van der Waals surface area contributed by atoms with E-state index in [0.29, 0.717) is 11.8 Å². The van der Waals surface area contributed by atoms with Crippen molar-refractivity contribution in [3.05, 3.63) is 23.9 Å². The monoisotopic (exact) mass is 315 g/mol. The number of carbonyl (C=O) groups is 1. The van der Waals surface area contributed by atoms with Crippen molar-refractivity contribution in [1.82, 2.24) is 4.98 Å².